The summed E-state index contributed by atoms with van der Waals surface area (Å²) in [5, 5.41) is 12.1. The number of nitrogens with zero attached hydrogens (tertiary/aromatic N) is 2. The maximum atomic E-state index is 12.5. The van der Waals surface area contributed by atoms with Gasteiger partial charge in [-0.05, 0) is 37.3 Å². The van der Waals surface area contributed by atoms with Gasteiger partial charge in [0, 0.05) is 19.3 Å². The number of aromatic nitrogens is 1. The topological polar surface area (TPSA) is 99.6 Å². The van der Waals surface area contributed by atoms with E-state index in [-0.39, 0.29) is 10.8 Å². The molecule has 2 N–H and O–H groups in total. The van der Waals surface area contributed by atoms with Crippen LogP contribution in [0.1, 0.15) is 39.5 Å². The summed E-state index contributed by atoms with van der Waals surface area (Å²) in [6.07, 6.45) is 4.56. The van der Waals surface area contributed by atoms with E-state index >= 15 is 0 Å². The monoisotopic (exact) mass is 355 g/mol. The minimum atomic E-state index is -3.52. The van der Waals surface area contributed by atoms with Crippen LogP contribution in [0, 0.1) is 5.92 Å². The summed E-state index contributed by atoms with van der Waals surface area (Å²) in [6, 6.07) is 2.25. The molecular formula is C16H25N3O4S. The second-order valence-corrected chi connectivity index (χ2v) is 8.45. The molecule has 1 aliphatic heterocycles. The van der Waals surface area contributed by atoms with Crippen molar-refractivity contribution in [2.75, 3.05) is 18.4 Å². The van der Waals surface area contributed by atoms with Gasteiger partial charge >= 0.3 is 5.97 Å². The highest BCUT2D eigenvalue weighted by Gasteiger charge is 2.26. The normalized spacial score (nSPS) is 17.6. The minimum absolute atomic E-state index is 0.144. The largest absolute Gasteiger partial charge is 0.480 e. The van der Waals surface area contributed by atoms with Crippen LogP contribution in [0.5, 0.6) is 0 Å². The lowest BCUT2D eigenvalue weighted by molar-refractivity contribution is -0.138. The Morgan fingerprint density at radius 3 is 2.46 bits per heavy atom. The Labute approximate surface area is 143 Å². The van der Waals surface area contributed by atoms with Gasteiger partial charge in [0.05, 0.1) is 0 Å². The van der Waals surface area contributed by atoms with E-state index in [2.05, 4.69) is 10.3 Å². The SMILES string of the molecule is CC(C)C[C@H](Nc1ccc(S(=O)(=O)N2CCCCC2)cn1)C(=O)O. The highest BCUT2D eigenvalue weighted by molar-refractivity contribution is 7.89. The fourth-order valence-electron chi connectivity index (χ4n) is 2.74. The summed E-state index contributed by atoms with van der Waals surface area (Å²) in [5.74, 6) is -0.367. The number of aliphatic carboxylic acids is 1. The summed E-state index contributed by atoms with van der Waals surface area (Å²) in [6.45, 7) is 4.97. The van der Waals surface area contributed by atoms with E-state index in [1.807, 2.05) is 13.8 Å². The predicted octanol–water partition coefficient (Wildman–Crippen LogP) is 2.17. The molecule has 0 saturated carbocycles. The number of carbonyl (C=O) groups is 1. The molecule has 1 aromatic heterocycles. The van der Waals surface area contributed by atoms with Crippen molar-refractivity contribution >= 4 is 21.8 Å². The Hall–Kier alpha value is -1.67. The lowest BCUT2D eigenvalue weighted by Gasteiger charge is -2.25. The van der Waals surface area contributed by atoms with Gasteiger partial charge in [-0.15, -0.1) is 0 Å². The zero-order valence-electron chi connectivity index (χ0n) is 14.1. The van der Waals surface area contributed by atoms with E-state index in [0.717, 1.165) is 19.3 Å². The quantitative estimate of drug-likeness (QED) is 0.777. The van der Waals surface area contributed by atoms with Crippen molar-refractivity contribution in [2.45, 2.75) is 50.5 Å². The zero-order valence-corrected chi connectivity index (χ0v) is 14.9. The van der Waals surface area contributed by atoms with Crippen LogP contribution < -0.4 is 5.32 Å². The number of pyridine rings is 1. The Morgan fingerprint density at radius 2 is 1.96 bits per heavy atom. The molecule has 0 spiro atoms. The van der Waals surface area contributed by atoms with Gasteiger partial charge in [-0.1, -0.05) is 20.3 Å². The number of anilines is 1. The van der Waals surface area contributed by atoms with E-state index in [1.165, 1.54) is 22.6 Å². The van der Waals surface area contributed by atoms with Crippen molar-refractivity contribution in [3.63, 3.8) is 0 Å². The highest BCUT2D eigenvalue weighted by Crippen LogP contribution is 2.21. The first-order valence-electron chi connectivity index (χ1n) is 8.26. The lowest BCUT2D eigenvalue weighted by Crippen LogP contribution is -2.35. The molecule has 0 radical (unpaired) electrons. The molecule has 2 rings (SSSR count). The zero-order chi connectivity index (χ0) is 17.7. The van der Waals surface area contributed by atoms with Crippen LogP contribution in [-0.2, 0) is 14.8 Å². The van der Waals surface area contributed by atoms with Gasteiger partial charge in [0.2, 0.25) is 10.0 Å². The van der Waals surface area contributed by atoms with Gasteiger partial charge in [-0.2, -0.15) is 4.31 Å². The van der Waals surface area contributed by atoms with E-state index in [9.17, 15) is 18.3 Å². The molecule has 8 heteroatoms. The average molecular weight is 355 g/mol. The first-order chi connectivity index (χ1) is 11.3. The average Bonchev–Trinajstić information content (AvgIpc) is 2.55. The Kier molecular flexibility index (Phi) is 6.17. The summed E-state index contributed by atoms with van der Waals surface area (Å²) in [4.78, 5) is 15.5. The Bertz CT molecular complexity index is 652. The summed E-state index contributed by atoms with van der Waals surface area (Å²) in [5.41, 5.74) is 0. The molecule has 0 bridgehead atoms. The van der Waals surface area contributed by atoms with Crippen molar-refractivity contribution in [3.05, 3.63) is 18.3 Å². The predicted molar refractivity (Wildman–Crippen MR) is 91.3 cm³/mol. The third-order valence-electron chi connectivity index (χ3n) is 4.02. The van der Waals surface area contributed by atoms with Crippen LogP contribution in [0.15, 0.2) is 23.2 Å². The van der Waals surface area contributed by atoms with Gasteiger partial charge in [0.1, 0.15) is 16.8 Å². The molecular weight excluding hydrogens is 330 g/mol. The molecule has 2 heterocycles. The molecule has 0 aliphatic carbocycles. The Morgan fingerprint density at radius 1 is 1.29 bits per heavy atom. The smallest absolute Gasteiger partial charge is 0.326 e. The van der Waals surface area contributed by atoms with E-state index < -0.39 is 22.0 Å². The lowest BCUT2D eigenvalue weighted by atomic mass is 10.0. The summed E-state index contributed by atoms with van der Waals surface area (Å²) >= 11 is 0. The molecule has 7 nitrogen and oxygen atoms in total. The standard InChI is InChI=1S/C16H25N3O4S/c1-12(2)10-14(16(20)21)18-15-7-6-13(11-17-15)24(22,23)19-8-4-3-5-9-19/h6-7,11-12,14H,3-5,8-10H2,1-2H3,(H,17,18)(H,20,21)/t14-/m0/s1. The van der Waals surface area contributed by atoms with E-state index in [1.54, 1.807) is 0 Å². The second kappa shape index (κ2) is 7.94. The van der Waals surface area contributed by atoms with Crippen LogP contribution >= 0.6 is 0 Å². The number of hydrogen-bond acceptors (Lipinski definition) is 5. The molecule has 0 unspecified atom stereocenters. The van der Waals surface area contributed by atoms with Crippen molar-refractivity contribution < 1.29 is 18.3 Å². The van der Waals surface area contributed by atoms with Crippen LogP contribution in [0.2, 0.25) is 0 Å². The van der Waals surface area contributed by atoms with Gasteiger partial charge in [0.25, 0.3) is 0 Å². The molecule has 1 saturated heterocycles. The third-order valence-corrected chi connectivity index (χ3v) is 5.90. The van der Waals surface area contributed by atoms with Crippen LogP contribution in [0.25, 0.3) is 0 Å². The molecule has 0 aromatic carbocycles. The molecule has 1 fully saturated rings. The fourth-order valence-corrected chi connectivity index (χ4v) is 4.21. The fraction of sp³-hybridized carbons (Fsp3) is 0.625. The first kappa shape index (κ1) is 18.7. The molecule has 1 aromatic rings. The van der Waals surface area contributed by atoms with Crippen molar-refractivity contribution in [1.82, 2.24) is 9.29 Å². The summed E-state index contributed by atoms with van der Waals surface area (Å²) in [7, 11) is -3.52. The van der Waals surface area contributed by atoms with Crippen LogP contribution in [0.4, 0.5) is 5.82 Å². The highest BCUT2D eigenvalue weighted by atomic mass is 32.2. The van der Waals surface area contributed by atoms with Crippen LogP contribution in [0.3, 0.4) is 0 Å². The third kappa shape index (κ3) is 4.67. The number of hydrogen-bond donors (Lipinski definition) is 2. The number of rotatable bonds is 7. The number of sulfonamides is 1. The first-order valence-corrected chi connectivity index (χ1v) is 9.70. The second-order valence-electron chi connectivity index (χ2n) is 6.51. The molecule has 1 atom stereocenters. The van der Waals surface area contributed by atoms with E-state index in [0.29, 0.717) is 25.3 Å². The molecule has 0 amide bonds. The maximum absolute atomic E-state index is 12.5. The van der Waals surface area contributed by atoms with Gasteiger partial charge in [0.15, 0.2) is 0 Å². The minimum Gasteiger partial charge on any atom is -0.480 e. The number of piperidine rings is 1. The molecule has 134 valence electrons. The van der Waals surface area contributed by atoms with Crippen molar-refractivity contribution in [3.8, 4) is 0 Å². The van der Waals surface area contributed by atoms with Gasteiger partial charge in [-0.3, -0.25) is 0 Å². The van der Waals surface area contributed by atoms with E-state index in [4.69, 9.17) is 0 Å². The number of nitrogens with one attached hydrogen (secondary N) is 1. The molecule has 1 aliphatic rings. The maximum Gasteiger partial charge on any atom is 0.326 e. The number of carboxylic acids is 1. The van der Waals surface area contributed by atoms with Gasteiger partial charge < -0.3 is 10.4 Å². The van der Waals surface area contributed by atoms with Crippen LogP contribution in [-0.4, -0.2) is 47.9 Å². The molecule has 24 heavy (non-hydrogen) atoms. The van der Waals surface area contributed by atoms with Gasteiger partial charge in [-0.25, -0.2) is 18.2 Å². The number of carboxylic acid groups (broad SMARTS) is 1. The van der Waals surface area contributed by atoms with Crippen molar-refractivity contribution in [2.24, 2.45) is 5.92 Å². The Balaban J connectivity index is 2.10. The summed E-state index contributed by atoms with van der Waals surface area (Å²) < 4.78 is 26.6. The van der Waals surface area contributed by atoms with Crippen molar-refractivity contribution in [1.29, 1.82) is 0 Å².